The summed E-state index contributed by atoms with van der Waals surface area (Å²) in [6, 6.07) is 8.10. The summed E-state index contributed by atoms with van der Waals surface area (Å²) in [5, 5.41) is 11.4. The predicted octanol–water partition coefficient (Wildman–Crippen LogP) is 0.406. The maximum absolute atomic E-state index is 11.9. The average molecular weight is 329 g/mol. The zero-order valence-corrected chi connectivity index (χ0v) is 13.0. The van der Waals surface area contributed by atoms with Gasteiger partial charge in [-0.25, -0.2) is 19.1 Å². The molecule has 1 amide bonds. The van der Waals surface area contributed by atoms with E-state index in [9.17, 15) is 14.4 Å². The molecule has 1 heterocycles. The molecule has 0 radical (unpaired) electrons. The normalized spacial score (nSPS) is 11.5. The average Bonchev–Trinajstić information content (AvgIpc) is 3.01. The number of hydrogen-bond donors (Lipinski definition) is 2. The number of rotatable bonds is 6. The molecule has 2 rings (SSSR count). The zero-order chi connectivity index (χ0) is 17.5. The molecule has 8 nitrogen and oxygen atoms in total. The second kappa shape index (κ2) is 7.95. The van der Waals surface area contributed by atoms with Crippen LogP contribution in [0, 0.1) is 0 Å². The van der Waals surface area contributed by atoms with Crippen LogP contribution in [-0.2, 0) is 22.6 Å². The summed E-state index contributed by atoms with van der Waals surface area (Å²) >= 11 is 0. The number of carbonyl (C=O) groups excluding carboxylic acids is 2. The molecule has 0 fully saturated rings. The molecule has 0 saturated heterocycles. The van der Waals surface area contributed by atoms with Crippen molar-refractivity contribution >= 4 is 25.7 Å². The highest BCUT2D eigenvalue weighted by Gasteiger charge is 2.20. The maximum Gasteiger partial charge on any atom is 0.419 e. The summed E-state index contributed by atoms with van der Waals surface area (Å²) in [4.78, 5) is 38.0. The number of benzene rings is 1. The van der Waals surface area contributed by atoms with Gasteiger partial charge in [0.25, 0.3) is 0 Å². The Morgan fingerprint density at radius 2 is 2.00 bits per heavy atom. The lowest BCUT2D eigenvalue weighted by molar-refractivity contribution is -0.139. The number of hydrogen-bond acceptors (Lipinski definition) is 5. The molecule has 1 aromatic carbocycles. The predicted molar refractivity (Wildman–Crippen MR) is 86.5 cm³/mol. The van der Waals surface area contributed by atoms with Crippen LogP contribution < -0.4 is 5.32 Å². The van der Waals surface area contributed by atoms with E-state index >= 15 is 0 Å². The van der Waals surface area contributed by atoms with E-state index in [4.69, 9.17) is 9.84 Å². The molecule has 0 bridgehead atoms. The Hall–Kier alpha value is -3.10. The fourth-order valence-electron chi connectivity index (χ4n) is 2.02. The summed E-state index contributed by atoms with van der Waals surface area (Å²) in [6.45, 7) is 0.122. The molecule has 1 aromatic heterocycles. The summed E-state index contributed by atoms with van der Waals surface area (Å²) in [5.41, 5.74) is 1.20. The maximum atomic E-state index is 11.9. The third-order valence-electron chi connectivity index (χ3n) is 3.14. The number of aromatic nitrogens is 2. The quantitative estimate of drug-likeness (QED) is 0.743. The van der Waals surface area contributed by atoms with E-state index in [0.29, 0.717) is 5.69 Å². The van der Waals surface area contributed by atoms with E-state index in [2.05, 4.69) is 10.3 Å². The van der Waals surface area contributed by atoms with Gasteiger partial charge in [0.1, 0.15) is 19.0 Å². The van der Waals surface area contributed by atoms with Crippen LogP contribution >= 0.6 is 0 Å². The van der Waals surface area contributed by atoms with Crippen molar-refractivity contribution in [2.75, 3.05) is 0 Å². The van der Waals surface area contributed by atoms with Gasteiger partial charge in [0.05, 0.1) is 5.69 Å². The van der Waals surface area contributed by atoms with E-state index in [-0.39, 0.29) is 13.0 Å². The molecule has 2 N–H and O–H groups in total. The van der Waals surface area contributed by atoms with E-state index in [1.807, 2.05) is 30.3 Å². The van der Waals surface area contributed by atoms with Crippen LogP contribution in [0.1, 0.15) is 11.3 Å². The van der Waals surface area contributed by atoms with Gasteiger partial charge in [-0.15, -0.1) is 0 Å². The van der Waals surface area contributed by atoms with Gasteiger partial charge in [0.2, 0.25) is 7.85 Å². The molecule has 2 aromatic rings. The first kappa shape index (κ1) is 17.3. The van der Waals surface area contributed by atoms with Crippen LogP contribution in [0.5, 0.6) is 0 Å². The van der Waals surface area contributed by atoms with Crippen molar-refractivity contribution in [2.45, 2.75) is 19.1 Å². The first-order valence-corrected chi connectivity index (χ1v) is 7.19. The molecule has 0 aliphatic carbocycles. The molecule has 124 valence electrons. The SMILES string of the molecule is BC(=O)N[C@@H](Cc1cn(C(=O)OCc2ccccc2)cn1)C(=O)O. The minimum atomic E-state index is -1.17. The number of carboxylic acids is 1. The van der Waals surface area contributed by atoms with Gasteiger partial charge >= 0.3 is 12.1 Å². The van der Waals surface area contributed by atoms with E-state index in [0.717, 1.165) is 10.1 Å². The number of carbonyl (C=O) groups is 3. The summed E-state index contributed by atoms with van der Waals surface area (Å²) in [7, 11) is 1.23. The Kier molecular flexibility index (Phi) is 5.72. The number of amides is 1. The number of carboxylic acid groups (broad SMARTS) is 1. The van der Waals surface area contributed by atoms with E-state index < -0.39 is 23.9 Å². The molecule has 0 saturated carbocycles. The Balaban J connectivity index is 1.95. The van der Waals surface area contributed by atoms with Crippen molar-refractivity contribution in [3.05, 3.63) is 54.1 Å². The third-order valence-corrected chi connectivity index (χ3v) is 3.14. The zero-order valence-electron chi connectivity index (χ0n) is 13.0. The van der Waals surface area contributed by atoms with Crippen LogP contribution in [0.4, 0.5) is 9.59 Å². The summed E-state index contributed by atoms with van der Waals surface area (Å²) < 4.78 is 6.27. The minimum absolute atomic E-state index is 0.0339. The largest absolute Gasteiger partial charge is 0.480 e. The smallest absolute Gasteiger partial charge is 0.419 e. The van der Waals surface area contributed by atoms with Crippen molar-refractivity contribution in [1.82, 2.24) is 14.9 Å². The van der Waals surface area contributed by atoms with Gasteiger partial charge in [-0.1, -0.05) is 30.3 Å². The fourth-order valence-corrected chi connectivity index (χ4v) is 2.02. The summed E-state index contributed by atoms with van der Waals surface area (Å²) in [6.07, 6.45) is 1.97. The highest BCUT2D eigenvalue weighted by molar-refractivity contribution is 6.57. The molecule has 0 unspecified atom stereocenters. The van der Waals surface area contributed by atoms with Crippen molar-refractivity contribution in [3.8, 4) is 0 Å². The van der Waals surface area contributed by atoms with Gasteiger partial charge in [-0.2, -0.15) is 0 Å². The highest BCUT2D eigenvalue weighted by atomic mass is 16.5. The van der Waals surface area contributed by atoms with Gasteiger partial charge in [-0.05, 0) is 5.56 Å². The monoisotopic (exact) mass is 329 g/mol. The molecule has 0 aliphatic rings. The van der Waals surface area contributed by atoms with Crippen molar-refractivity contribution in [2.24, 2.45) is 0 Å². The second-order valence-electron chi connectivity index (χ2n) is 5.11. The lowest BCUT2D eigenvalue weighted by Gasteiger charge is -2.11. The lowest BCUT2D eigenvalue weighted by atomic mass is 10.1. The fraction of sp³-hybridized carbons (Fsp3) is 0.200. The minimum Gasteiger partial charge on any atom is -0.480 e. The Bertz CT molecular complexity index is 732. The van der Waals surface area contributed by atoms with Crippen LogP contribution in [0.15, 0.2) is 42.9 Å². The number of ether oxygens (including phenoxy) is 1. The molecule has 1 atom stereocenters. The van der Waals surface area contributed by atoms with E-state index in [1.165, 1.54) is 20.4 Å². The molecular formula is C15H16BN3O5. The highest BCUT2D eigenvalue weighted by Crippen LogP contribution is 2.05. The number of nitrogens with zero attached hydrogens (tertiary/aromatic N) is 2. The van der Waals surface area contributed by atoms with Crippen molar-refractivity contribution in [3.63, 3.8) is 0 Å². The van der Waals surface area contributed by atoms with Gasteiger partial charge < -0.3 is 15.2 Å². The second-order valence-corrected chi connectivity index (χ2v) is 5.11. The lowest BCUT2D eigenvalue weighted by Crippen LogP contribution is -2.41. The van der Waals surface area contributed by atoms with Crippen LogP contribution in [0.2, 0.25) is 0 Å². The molecule has 9 heteroatoms. The Morgan fingerprint density at radius 1 is 1.29 bits per heavy atom. The van der Waals surface area contributed by atoms with E-state index in [1.54, 1.807) is 0 Å². The Morgan fingerprint density at radius 3 is 2.62 bits per heavy atom. The van der Waals surface area contributed by atoms with Gasteiger partial charge in [0, 0.05) is 12.6 Å². The Labute approximate surface area is 138 Å². The van der Waals surface area contributed by atoms with Gasteiger partial charge in [-0.3, -0.25) is 4.79 Å². The summed E-state index contributed by atoms with van der Waals surface area (Å²) in [5.74, 6) is -1.63. The topological polar surface area (TPSA) is 111 Å². The number of imidazole rings is 1. The van der Waals surface area contributed by atoms with Gasteiger partial charge in [0.15, 0.2) is 5.81 Å². The molecule has 24 heavy (non-hydrogen) atoms. The van der Waals surface area contributed by atoms with Crippen molar-refractivity contribution < 1.29 is 24.2 Å². The molecule has 0 aliphatic heterocycles. The van der Waals surface area contributed by atoms with Crippen LogP contribution in [-0.4, -0.2) is 46.4 Å². The first-order valence-electron chi connectivity index (χ1n) is 7.19. The van der Waals surface area contributed by atoms with Crippen molar-refractivity contribution in [1.29, 1.82) is 0 Å². The van der Waals surface area contributed by atoms with Crippen LogP contribution in [0.25, 0.3) is 0 Å². The standard InChI is InChI=1S/C15H16BN3O5/c16-14(22)18-12(13(20)21)6-11-7-19(9-17-11)15(23)24-8-10-4-2-1-3-5-10/h1-5,7,9,12H,6,8,16H2,(H,18,22)(H,20,21)/t12-/m0/s1. The molecule has 0 spiro atoms. The molecular weight excluding hydrogens is 313 g/mol. The third kappa shape index (κ3) is 4.97. The number of nitrogens with one attached hydrogen (secondary N) is 1. The number of aliphatic carboxylic acids is 1. The van der Waals surface area contributed by atoms with Crippen LogP contribution in [0.3, 0.4) is 0 Å². The first-order chi connectivity index (χ1) is 11.5.